The molecule has 3 aromatic rings. The quantitative estimate of drug-likeness (QED) is 0.574. The molecule has 2 amide bonds. The molecule has 29 heavy (non-hydrogen) atoms. The Kier molecular flexibility index (Phi) is 5.61. The number of fused-ring (bicyclic) bond motifs is 1. The number of aromatic nitrogens is 1. The van der Waals surface area contributed by atoms with Gasteiger partial charge in [0.05, 0.1) is 5.02 Å². The van der Waals surface area contributed by atoms with Crippen molar-refractivity contribution in [2.75, 3.05) is 18.4 Å². The number of piperidine rings is 1. The SMILES string of the molecule is Cc1c(C(=O)N2CCC(C(=O)Nc3ccc(Cl)cn3)CC2)oc2ccc(Br)cc12. The number of likely N-dealkylation sites (tertiary alicyclic amines) is 1. The molecule has 1 N–H and O–H groups in total. The van der Waals surface area contributed by atoms with Gasteiger partial charge in [-0.15, -0.1) is 0 Å². The molecule has 8 heteroatoms. The molecule has 1 aliphatic rings. The van der Waals surface area contributed by atoms with Crippen molar-refractivity contribution in [3.8, 4) is 0 Å². The van der Waals surface area contributed by atoms with Crippen molar-refractivity contribution >= 4 is 56.1 Å². The van der Waals surface area contributed by atoms with E-state index in [-0.39, 0.29) is 17.7 Å². The van der Waals surface area contributed by atoms with Crippen LogP contribution in [0.3, 0.4) is 0 Å². The Balaban J connectivity index is 1.40. The van der Waals surface area contributed by atoms with E-state index in [2.05, 4.69) is 26.2 Å². The molecule has 0 aliphatic carbocycles. The van der Waals surface area contributed by atoms with E-state index in [1.165, 1.54) is 6.20 Å². The second-order valence-electron chi connectivity index (χ2n) is 7.11. The van der Waals surface area contributed by atoms with Crippen molar-refractivity contribution in [2.24, 2.45) is 5.92 Å². The van der Waals surface area contributed by atoms with E-state index in [4.69, 9.17) is 16.0 Å². The zero-order valence-corrected chi connectivity index (χ0v) is 18.1. The Hall–Kier alpha value is -2.38. The van der Waals surface area contributed by atoms with E-state index >= 15 is 0 Å². The maximum atomic E-state index is 13.0. The lowest BCUT2D eigenvalue weighted by Crippen LogP contribution is -2.41. The Bertz CT molecular complexity index is 1070. The molecule has 0 saturated carbocycles. The number of carbonyl (C=O) groups is 2. The molecule has 3 heterocycles. The minimum Gasteiger partial charge on any atom is -0.451 e. The summed E-state index contributed by atoms with van der Waals surface area (Å²) in [4.78, 5) is 31.3. The summed E-state index contributed by atoms with van der Waals surface area (Å²) in [6.45, 7) is 2.90. The van der Waals surface area contributed by atoms with Gasteiger partial charge in [0, 0.05) is 40.6 Å². The zero-order valence-electron chi connectivity index (χ0n) is 15.7. The molecule has 0 spiro atoms. The molecule has 150 valence electrons. The summed E-state index contributed by atoms with van der Waals surface area (Å²) >= 11 is 9.27. The lowest BCUT2D eigenvalue weighted by atomic mass is 9.95. The highest BCUT2D eigenvalue weighted by molar-refractivity contribution is 9.10. The molecule has 1 saturated heterocycles. The van der Waals surface area contributed by atoms with Crippen LogP contribution >= 0.6 is 27.5 Å². The summed E-state index contributed by atoms with van der Waals surface area (Å²) in [6, 6.07) is 9.04. The van der Waals surface area contributed by atoms with Gasteiger partial charge in [-0.2, -0.15) is 0 Å². The third-order valence-electron chi connectivity index (χ3n) is 5.22. The van der Waals surface area contributed by atoms with Gasteiger partial charge < -0.3 is 14.6 Å². The van der Waals surface area contributed by atoms with Gasteiger partial charge in [-0.1, -0.05) is 27.5 Å². The standard InChI is InChI=1S/C21H19BrClN3O3/c1-12-16-10-14(22)2-4-17(16)29-19(12)21(28)26-8-6-13(7-9-26)20(27)25-18-5-3-15(23)11-24-18/h2-5,10-11,13H,6-9H2,1H3,(H,24,25,27). The van der Waals surface area contributed by atoms with Gasteiger partial charge >= 0.3 is 0 Å². The Morgan fingerprint density at radius 2 is 2.00 bits per heavy atom. The van der Waals surface area contributed by atoms with Crippen molar-refractivity contribution < 1.29 is 14.0 Å². The second-order valence-corrected chi connectivity index (χ2v) is 8.47. The van der Waals surface area contributed by atoms with E-state index in [0.717, 1.165) is 15.4 Å². The van der Waals surface area contributed by atoms with Crippen LogP contribution in [0.4, 0.5) is 5.82 Å². The summed E-state index contributed by atoms with van der Waals surface area (Å²) in [7, 11) is 0. The van der Waals surface area contributed by atoms with Gasteiger partial charge in [0.2, 0.25) is 5.91 Å². The van der Waals surface area contributed by atoms with Gasteiger partial charge in [-0.25, -0.2) is 4.98 Å². The number of pyridine rings is 1. The number of hydrogen-bond donors (Lipinski definition) is 1. The highest BCUT2D eigenvalue weighted by atomic mass is 79.9. The number of aryl methyl sites for hydroxylation is 1. The van der Waals surface area contributed by atoms with Gasteiger partial charge in [0.1, 0.15) is 11.4 Å². The first-order chi connectivity index (χ1) is 13.9. The third-order valence-corrected chi connectivity index (χ3v) is 5.94. The Morgan fingerprint density at radius 3 is 2.69 bits per heavy atom. The number of nitrogens with one attached hydrogen (secondary N) is 1. The number of rotatable bonds is 3. The lowest BCUT2D eigenvalue weighted by molar-refractivity contribution is -0.121. The molecule has 0 bridgehead atoms. The largest absolute Gasteiger partial charge is 0.451 e. The van der Waals surface area contributed by atoms with Crippen molar-refractivity contribution in [2.45, 2.75) is 19.8 Å². The number of halogens is 2. The molecular weight excluding hydrogens is 458 g/mol. The second kappa shape index (κ2) is 8.16. The Morgan fingerprint density at radius 1 is 1.24 bits per heavy atom. The molecule has 6 nitrogen and oxygen atoms in total. The van der Waals surface area contributed by atoms with Crippen molar-refractivity contribution in [1.29, 1.82) is 0 Å². The number of amides is 2. The molecule has 1 aliphatic heterocycles. The van der Waals surface area contributed by atoms with Crippen LogP contribution in [0, 0.1) is 12.8 Å². The average Bonchev–Trinajstić information content (AvgIpc) is 3.05. The van der Waals surface area contributed by atoms with Crippen LogP contribution in [0.25, 0.3) is 11.0 Å². The fraction of sp³-hybridized carbons (Fsp3) is 0.286. The molecule has 1 aromatic carbocycles. The molecule has 0 atom stereocenters. The maximum absolute atomic E-state index is 13.0. The monoisotopic (exact) mass is 475 g/mol. The summed E-state index contributed by atoms with van der Waals surface area (Å²) in [6.07, 6.45) is 2.68. The Labute approximate surface area is 181 Å². The molecular formula is C21H19BrClN3O3. The maximum Gasteiger partial charge on any atom is 0.289 e. The van der Waals surface area contributed by atoms with E-state index in [0.29, 0.717) is 48.1 Å². The highest BCUT2D eigenvalue weighted by Gasteiger charge is 2.30. The zero-order chi connectivity index (χ0) is 20.5. The van der Waals surface area contributed by atoms with Gasteiger partial charge in [-0.05, 0) is 50.1 Å². The summed E-state index contributed by atoms with van der Waals surface area (Å²) in [5, 5.41) is 4.25. The summed E-state index contributed by atoms with van der Waals surface area (Å²) < 4.78 is 6.76. The van der Waals surface area contributed by atoms with E-state index in [1.54, 1.807) is 17.0 Å². The fourth-order valence-corrected chi connectivity index (χ4v) is 4.04. The minimum atomic E-state index is -0.163. The fourth-order valence-electron chi connectivity index (χ4n) is 3.56. The molecule has 1 fully saturated rings. The van der Waals surface area contributed by atoms with Crippen LogP contribution in [0.15, 0.2) is 45.4 Å². The number of hydrogen-bond acceptors (Lipinski definition) is 4. The first kappa shape index (κ1) is 19.9. The van der Waals surface area contributed by atoms with E-state index in [1.807, 2.05) is 25.1 Å². The molecule has 0 unspecified atom stereocenters. The number of anilines is 1. The van der Waals surface area contributed by atoms with Gasteiger partial charge in [0.25, 0.3) is 5.91 Å². The number of furan rings is 1. The van der Waals surface area contributed by atoms with Crippen LogP contribution in [0.2, 0.25) is 5.02 Å². The van der Waals surface area contributed by atoms with Crippen LogP contribution in [-0.4, -0.2) is 34.8 Å². The molecule has 2 aromatic heterocycles. The predicted molar refractivity (Wildman–Crippen MR) is 115 cm³/mol. The van der Waals surface area contributed by atoms with Crippen LogP contribution in [0.1, 0.15) is 29.0 Å². The van der Waals surface area contributed by atoms with Crippen molar-refractivity contribution in [3.63, 3.8) is 0 Å². The van der Waals surface area contributed by atoms with E-state index < -0.39 is 0 Å². The van der Waals surface area contributed by atoms with Gasteiger partial charge in [0.15, 0.2) is 5.76 Å². The van der Waals surface area contributed by atoms with Crippen LogP contribution in [-0.2, 0) is 4.79 Å². The predicted octanol–water partition coefficient (Wildman–Crippen LogP) is 5.04. The van der Waals surface area contributed by atoms with E-state index in [9.17, 15) is 9.59 Å². The van der Waals surface area contributed by atoms with Crippen LogP contribution in [0.5, 0.6) is 0 Å². The highest BCUT2D eigenvalue weighted by Crippen LogP contribution is 2.30. The smallest absolute Gasteiger partial charge is 0.289 e. The molecule has 0 radical (unpaired) electrons. The number of carbonyl (C=O) groups excluding carboxylic acids is 2. The first-order valence-corrected chi connectivity index (χ1v) is 10.5. The summed E-state index contributed by atoms with van der Waals surface area (Å²) in [5.74, 6) is 0.460. The first-order valence-electron chi connectivity index (χ1n) is 9.32. The topological polar surface area (TPSA) is 75.4 Å². The normalized spacial score (nSPS) is 14.9. The minimum absolute atomic E-state index is 0.0864. The van der Waals surface area contributed by atoms with Crippen molar-refractivity contribution in [3.05, 3.63) is 57.3 Å². The third kappa shape index (κ3) is 4.16. The van der Waals surface area contributed by atoms with Gasteiger partial charge in [-0.3, -0.25) is 9.59 Å². The summed E-state index contributed by atoms with van der Waals surface area (Å²) in [5.41, 5.74) is 1.53. The van der Waals surface area contributed by atoms with Crippen LogP contribution < -0.4 is 5.32 Å². The molecule has 4 rings (SSSR count). The number of benzene rings is 1. The lowest BCUT2D eigenvalue weighted by Gasteiger charge is -2.30. The number of nitrogens with zero attached hydrogens (tertiary/aromatic N) is 2. The average molecular weight is 477 g/mol. The van der Waals surface area contributed by atoms with Crippen molar-refractivity contribution in [1.82, 2.24) is 9.88 Å².